The Bertz CT molecular complexity index is 697. The number of aromatic nitrogens is 2. The van der Waals surface area contributed by atoms with Crippen LogP contribution in [0.5, 0.6) is 0 Å². The number of ether oxygens (including phenoxy) is 1. The average Bonchev–Trinajstić information content (AvgIpc) is 2.75. The third-order valence-electron chi connectivity index (χ3n) is 4.89. The summed E-state index contributed by atoms with van der Waals surface area (Å²) in [5, 5.41) is 3.52. The molecule has 0 unspecified atom stereocenters. The first-order valence-electron chi connectivity index (χ1n) is 10.5. The Labute approximate surface area is 168 Å². The van der Waals surface area contributed by atoms with Crippen molar-refractivity contribution >= 4 is 11.6 Å². The molecule has 0 bridgehead atoms. The molecule has 1 aromatic heterocycles. The lowest BCUT2D eigenvalue weighted by molar-refractivity contribution is 0.0398. The molecule has 2 heterocycles. The number of rotatable bonds is 10. The highest BCUT2D eigenvalue weighted by Crippen LogP contribution is 2.23. The molecule has 2 aromatic rings. The molecule has 1 N–H and O–H groups in total. The molecule has 0 spiro atoms. The van der Waals surface area contributed by atoms with Gasteiger partial charge in [-0.15, -0.1) is 0 Å². The van der Waals surface area contributed by atoms with E-state index in [4.69, 9.17) is 14.7 Å². The second kappa shape index (κ2) is 11.0. The molecular formula is C22H33N5O. The normalized spacial score (nSPS) is 14.8. The molecule has 0 saturated carbocycles. The number of nitrogens with one attached hydrogen (secondary N) is 1. The standard InChI is InChI=1S/C22H33N5O/c1-3-11-27(12-4-2)21-18-20(23-10-13-26-14-16-28-17-15-26)24-22(25-21)19-8-6-5-7-9-19/h5-9,18H,3-4,10-17H2,1-2H3,(H,23,24,25). The van der Waals surface area contributed by atoms with Gasteiger partial charge in [-0.1, -0.05) is 44.2 Å². The summed E-state index contributed by atoms with van der Waals surface area (Å²) in [6.07, 6.45) is 2.20. The summed E-state index contributed by atoms with van der Waals surface area (Å²) in [6.45, 7) is 12.0. The zero-order chi connectivity index (χ0) is 19.6. The van der Waals surface area contributed by atoms with Crippen LogP contribution >= 0.6 is 0 Å². The van der Waals surface area contributed by atoms with E-state index < -0.39 is 0 Å². The van der Waals surface area contributed by atoms with Crippen LogP contribution in [0, 0.1) is 0 Å². The van der Waals surface area contributed by atoms with E-state index in [9.17, 15) is 0 Å². The molecule has 28 heavy (non-hydrogen) atoms. The molecule has 0 amide bonds. The molecule has 6 nitrogen and oxygen atoms in total. The number of morpholine rings is 1. The van der Waals surface area contributed by atoms with Crippen molar-refractivity contribution in [3.8, 4) is 11.4 Å². The van der Waals surface area contributed by atoms with Gasteiger partial charge in [0.05, 0.1) is 13.2 Å². The van der Waals surface area contributed by atoms with E-state index in [1.54, 1.807) is 0 Å². The van der Waals surface area contributed by atoms with Crippen LogP contribution < -0.4 is 10.2 Å². The predicted molar refractivity (Wildman–Crippen MR) is 116 cm³/mol. The van der Waals surface area contributed by atoms with Gasteiger partial charge in [-0.05, 0) is 12.8 Å². The fourth-order valence-corrected chi connectivity index (χ4v) is 3.45. The van der Waals surface area contributed by atoms with Crippen LogP contribution in [0.15, 0.2) is 36.4 Å². The average molecular weight is 384 g/mol. The van der Waals surface area contributed by atoms with Crippen LogP contribution in [0.4, 0.5) is 11.6 Å². The molecule has 1 aliphatic rings. The minimum absolute atomic E-state index is 0.782. The Morgan fingerprint density at radius 2 is 1.75 bits per heavy atom. The van der Waals surface area contributed by atoms with Crippen LogP contribution in [-0.4, -0.2) is 67.4 Å². The SMILES string of the molecule is CCCN(CCC)c1cc(NCCN2CCOCC2)nc(-c2ccccc2)n1. The highest BCUT2D eigenvalue weighted by molar-refractivity contribution is 5.61. The van der Waals surface area contributed by atoms with Gasteiger partial charge in [0.25, 0.3) is 0 Å². The highest BCUT2D eigenvalue weighted by atomic mass is 16.5. The van der Waals surface area contributed by atoms with Gasteiger partial charge < -0.3 is 15.0 Å². The van der Waals surface area contributed by atoms with Gasteiger partial charge in [-0.2, -0.15) is 0 Å². The van der Waals surface area contributed by atoms with Crippen LogP contribution in [0.3, 0.4) is 0 Å². The number of hydrogen-bond acceptors (Lipinski definition) is 6. The first-order chi connectivity index (χ1) is 13.8. The Balaban J connectivity index is 1.77. The fourth-order valence-electron chi connectivity index (χ4n) is 3.45. The van der Waals surface area contributed by atoms with Gasteiger partial charge >= 0.3 is 0 Å². The number of benzene rings is 1. The molecule has 0 atom stereocenters. The quantitative estimate of drug-likeness (QED) is 0.678. The van der Waals surface area contributed by atoms with Crippen molar-refractivity contribution < 1.29 is 4.74 Å². The minimum atomic E-state index is 0.782. The topological polar surface area (TPSA) is 53.5 Å². The third-order valence-corrected chi connectivity index (χ3v) is 4.89. The first-order valence-corrected chi connectivity index (χ1v) is 10.5. The van der Waals surface area contributed by atoms with Crippen molar-refractivity contribution in [1.82, 2.24) is 14.9 Å². The maximum absolute atomic E-state index is 5.43. The van der Waals surface area contributed by atoms with E-state index in [1.165, 1.54) is 0 Å². The zero-order valence-electron chi connectivity index (χ0n) is 17.2. The lowest BCUT2D eigenvalue weighted by atomic mass is 10.2. The summed E-state index contributed by atoms with van der Waals surface area (Å²) in [5.74, 6) is 2.69. The summed E-state index contributed by atoms with van der Waals surface area (Å²) in [5.41, 5.74) is 1.05. The molecule has 0 aliphatic carbocycles. The van der Waals surface area contributed by atoms with Gasteiger partial charge in [-0.3, -0.25) is 4.90 Å². The second-order valence-electron chi connectivity index (χ2n) is 7.17. The Kier molecular flexibility index (Phi) is 8.06. The van der Waals surface area contributed by atoms with Gasteiger partial charge in [0.1, 0.15) is 11.6 Å². The minimum Gasteiger partial charge on any atom is -0.379 e. The lowest BCUT2D eigenvalue weighted by Crippen LogP contribution is -2.39. The molecular weight excluding hydrogens is 350 g/mol. The van der Waals surface area contributed by atoms with Crippen molar-refractivity contribution in [2.45, 2.75) is 26.7 Å². The Morgan fingerprint density at radius 1 is 1.04 bits per heavy atom. The number of hydrogen-bond donors (Lipinski definition) is 1. The number of anilines is 2. The molecule has 6 heteroatoms. The Morgan fingerprint density at radius 3 is 2.43 bits per heavy atom. The molecule has 152 valence electrons. The second-order valence-corrected chi connectivity index (χ2v) is 7.17. The molecule has 1 aliphatic heterocycles. The maximum atomic E-state index is 5.43. The smallest absolute Gasteiger partial charge is 0.163 e. The van der Waals surface area contributed by atoms with Crippen molar-refractivity contribution in [3.63, 3.8) is 0 Å². The van der Waals surface area contributed by atoms with Gasteiger partial charge in [0.15, 0.2) is 5.82 Å². The monoisotopic (exact) mass is 383 g/mol. The summed E-state index contributed by atoms with van der Waals surface area (Å²) in [6, 6.07) is 12.3. The number of nitrogens with zero attached hydrogens (tertiary/aromatic N) is 4. The van der Waals surface area contributed by atoms with E-state index in [0.29, 0.717) is 0 Å². The molecule has 3 rings (SSSR count). The largest absolute Gasteiger partial charge is 0.379 e. The van der Waals surface area contributed by atoms with E-state index in [2.05, 4.69) is 47.2 Å². The lowest BCUT2D eigenvalue weighted by Gasteiger charge is -2.27. The molecule has 1 saturated heterocycles. The van der Waals surface area contributed by atoms with Crippen molar-refractivity contribution in [2.75, 3.05) is 62.7 Å². The van der Waals surface area contributed by atoms with Crippen molar-refractivity contribution in [3.05, 3.63) is 36.4 Å². The summed E-state index contributed by atoms with van der Waals surface area (Å²) >= 11 is 0. The van der Waals surface area contributed by atoms with Crippen LogP contribution in [-0.2, 0) is 4.74 Å². The summed E-state index contributed by atoms with van der Waals surface area (Å²) in [7, 11) is 0. The van der Waals surface area contributed by atoms with Gasteiger partial charge in [-0.25, -0.2) is 9.97 Å². The zero-order valence-corrected chi connectivity index (χ0v) is 17.2. The highest BCUT2D eigenvalue weighted by Gasteiger charge is 2.13. The van der Waals surface area contributed by atoms with Crippen LogP contribution in [0.1, 0.15) is 26.7 Å². The fraction of sp³-hybridized carbons (Fsp3) is 0.545. The van der Waals surface area contributed by atoms with E-state index in [-0.39, 0.29) is 0 Å². The van der Waals surface area contributed by atoms with E-state index in [1.807, 2.05) is 18.2 Å². The van der Waals surface area contributed by atoms with E-state index in [0.717, 1.165) is 88.3 Å². The predicted octanol–water partition coefficient (Wildman–Crippen LogP) is 3.51. The maximum Gasteiger partial charge on any atom is 0.163 e. The van der Waals surface area contributed by atoms with Gasteiger partial charge in [0.2, 0.25) is 0 Å². The van der Waals surface area contributed by atoms with Crippen LogP contribution in [0.25, 0.3) is 11.4 Å². The molecule has 0 radical (unpaired) electrons. The van der Waals surface area contributed by atoms with Crippen LogP contribution in [0.2, 0.25) is 0 Å². The van der Waals surface area contributed by atoms with E-state index >= 15 is 0 Å². The molecule has 1 fully saturated rings. The summed E-state index contributed by atoms with van der Waals surface area (Å²) < 4.78 is 5.43. The van der Waals surface area contributed by atoms with Crippen molar-refractivity contribution in [2.24, 2.45) is 0 Å². The third kappa shape index (κ3) is 5.91. The Hall–Kier alpha value is -2.18. The first kappa shape index (κ1) is 20.6. The van der Waals surface area contributed by atoms with Crippen molar-refractivity contribution in [1.29, 1.82) is 0 Å². The summed E-state index contributed by atoms with van der Waals surface area (Å²) in [4.78, 5) is 14.5. The molecule has 1 aromatic carbocycles. The van der Waals surface area contributed by atoms with Gasteiger partial charge in [0, 0.05) is 50.9 Å².